The van der Waals surface area contributed by atoms with Gasteiger partial charge in [0.1, 0.15) is 5.82 Å². The second kappa shape index (κ2) is 11.3. The van der Waals surface area contributed by atoms with Gasteiger partial charge in [0.2, 0.25) is 17.6 Å². The van der Waals surface area contributed by atoms with Crippen molar-refractivity contribution in [1.82, 2.24) is 19.5 Å². The number of hydrogen-bond acceptors (Lipinski definition) is 8. The summed E-state index contributed by atoms with van der Waals surface area (Å²) in [5.41, 5.74) is 3.41. The molecule has 0 spiro atoms. The molecule has 198 valence electrons. The lowest BCUT2D eigenvalue weighted by molar-refractivity contribution is -0.422. The fraction of sp³-hybridized carbons (Fsp3) is 0.241. The van der Waals surface area contributed by atoms with Crippen molar-refractivity contribution in [3.63, 3.8) is 0 Å². The van der Waals surface area contributed by atoms with E-state index in [9.17, 15) is 14.9 Å². The van der Waals surface area contributed by atoms with Gasteiger partial charge in [-0.25, -0.2) is 9.97 Å². The number of nitrogens with one attached hydrogen (secondary N) is 1. The van der Waals surface area contributed by atoms with Crippen LogP contribution in [0.3, 0.4) is 0 Å². The van der Waals surface area contributed by atoms with E-state index in [0.717, 1.165) is 29.5 Å². The summed E-state index contributed by atoms with van der Waals surface area (Å²) in [6.07, 6.45) is 4.77. The van der Waals surface area contributed by atoms with Gasteiger partial charge < -0.3 is 5.32 Å². The summed E-state index contributed by atoms with van der Waals surface area (Å²) < 4.78 is 1.69. The summed E-state index contributed by atoms with van der Waals surface area (Å²) >= 11 is 0. The van der Waals surface area contributed by atoms with E-state index in [1.165, 1.54) is 6.92 Å². The van der Waals surface area contributed by atoms with Crippen LogP contribution in [-0.4, -0.2) is 37.0 Å². The van der Waals surface area contributed by atoms with Gasteiger partial charge in [0, 0.05) is 50.0 Å². The van der Waals surface area contributed by atoms with E-state index < -0.39 is 4.92 Å². The van der Waals surface area contributed by atoms with E-state index in [0.29, 0.717) is 36.5 Å². The Morgan fingerprint density at radius 3 is 2.62 bits per heavy atom. The molecule has 1 atom stereocenters. The Labute approximate surface area is 225 Å². The molecule has 10 nitrogen and oxygen atoms in total. The quantitative estimate of drug-likeness (QED) is 0.255. The van der Waals surface area contributed by atoms with Gasteiger partial charge >= 0.3 is 0 Å². The molecule has 2 aromatic carbocycles. The number of nitrogens with zero attached hydrogens (tertiary/aromatic N) is 6. The molecule has 4 aromatic rings. The van der Waals surface area contributed by atoms with Crippen LogP contribution in [0.15, 0.2) is 83.4 Å². The van der Waals surface area contributed by atoms with Crippen LogP contribution in [0.25, 0.3) is 17.3 Å². The Morgan fingerprint density at radius 1 is 1.10 bits per heavy atom. The molecule has 10 heteroatoms. The highest BCUT2D eigenvalue weighted by atomic mass is 16.6. The van der Waals surface area contributed by atoms with Gasteiger partial charge in [-0.1, -0.05) is 54.6 Å². The van der Waals surface area contributed by atoms with E-state index in [4.69, 9.17) is 9.97 Å². The zero-order valence-electron chi connectivity index (χ0n) is 21.8. The Balaban J connectivity index is 1.33. The highest BCUT2D eigenvalue weighted by Gasteiger charge is 2.23. The molecule has 3 heterocycles. The first-order valence-electron chi connectivity index (χ1n) is 12.8. The molecule has 0 radical (unpaired) electrons. The lowest BCUT2D eigenvalue weighted by Crippen LogP contribution is -2.36. The van der Waals surface area contributed by atoms with Crippen molar-refractivity contribution in [1.29, 1.82) is 0 Å². The largest absolute Gasteiger partial charge is 0.351 e. The van der Waals surface area contributed by atoms with Crippen LogP contribution in [-0.2, 0) is 13.0 Å². The molecule has 5 rings (SSSR count). The molecular weight excluding hydrogens is 494 g/mol. The maximum atomic E-state index is 12.9. The molecule has 2 aromatic heterocycles. The Kier molecular flexibility index (Phi) is 7.44. The second-order valence-electron chi connectivity index (χ2n) is 9.57. The summed E-state index contributed by atoms with van der Waals surface area (Å²) in [5.74, 6) is 1.73. The van der Waals surface area contributed by atoms with E-state index in [1.807, 2.05) is 72.5 Å². The van der Waals surface area contributed by atoms with E-state index in [1.54, 1.807) is 22.9 Å². The van der Waals surface area contributed by atoms with E-state index >= 15 is 0 Å². The number of benzene rings is 2. The maximum Gasteiger partial charge on any atom is 0.255 e. The highest BCUT2D eigenvalue weighted by Crippen LogP contribution is 2.28. The lowest BCUT2D eigenvalue weighted by Gasteiger charge is -2.30. The van der Waals surface area contributed by atoms with Crippen molar-refractivity contribution in [2.24, 2.45) is 0 Å². The number of fused-ring (bicyclic) bond motifs is 1. The maximum absolute atomic E-state index is 12.9. The zero-order valence-corrected chi connectivity index (χ0v) is 21.8. The lowest BCUT2D eigenvalue weighted by atomic mass is 10.0. The number of rotatable bonds is 8. The molecule has 1 aliphatic rings. The topological polar surface area (TPSA) is 119 Å². The third-order valence-corrected chi connectivity index (χ3v) is 6.54. The normalized spacial score (nSPS) is 14.0. The van der Waals surface area contributed by atoms with Crippen LogP contribution in [0.5, 0.6) is 0 Å². The molecule has 0 fully saturated rings. The highest BCUT2D eigenvalue weighted by molar-refractivity contribution is 5.63. The first-order chi connectivity index (χ1) is 18.9. The number of hydrogen-bond donors (Lipinski definition) is 1. The van der Waals surface area contributed by atoms with Gasteiger partial charge in [0.15, 0.2) is 0 Å². The Morgan fingerprint density at radius 2 is 1.87 bits per heavy atom. The van der Waals surface area contributed by atoms with Crippen LogP contribution in [0, 0.1) is 10.1 Å². The van der Waals surface area contributed by atoms with Crippen LogP contribution >= 0.6 is 0 Å². The Bertz CT molecular complexity index is 1570. The van der Waals surface area contributed by atoms with Gasteiger partial charge in [-0.3, -0.25) is 24.4 Å². The summed E-state index contributed by atoms with van der Waals surface area (Å²) in [4.78, 5) is 39.4. The minimum Gasteiger partial charge on any atom is -0.351 e. The summed E-state index contributed by atoms with van der Waals surface area (Å²) in [6, 6.07) is 20.8. The van der Waals surface area contributed by atoms with Crippen molar-refractivity contribution >= 4 is 23.8 Å². The molecule has 0 aliphatic carbocycles. The third kappa shape index (κ3) is 6.01. The SMILES string of the molecule is C/C(=C/c1ccc(CC(C)Nc2nccc(N3CCCn4c3nc(-c3ccccc3)cc4=O)n2)cc1)[N+](=O)[O-]. The first-order valence-corrected chi connectivity index (χ1v) is 12.8. The van der Waals surface area contributed by atoms with Gasteiger partial charge in [0.05, 0.1) is 10.6 Å². The summed E-state index contributed by atoms with van der Waals surface area (Å²) in [6.45, 7) is 4.82. The van der Waals surface area contributed by atoms with Crippen LogP contribution in [0.2, 0.25) is 0 Å². The average molecular weight is 524 g/mol. The van der Waals surface area contributed by atoms with Crippen molar-refractivity contribution in [2.45, 2.75) is 39.3 Å². The number of aromatic nitrogens is 4. The monoisotopic (exact) mass is 523 g/mol. The molecule has 0 saturated heterocycles. The number of anilines is 3. The van der Waals surface area contributed by atoms with Gasteiger partial charge in [-0.05, 0) is 37.0 Å². The Hall–Kier alpha value is -4.86. The van der Waals surface area contributed by atoms with Crippen LogP contribution in [0.4, 0.5) is 17.7 Å². The molecule has 1 N–H and O–H groups in total. The van der Waals surface area contributed by atoms with Crippen molar-refractivity contribution < 1.29 is 4.92 Å². The second-order valence-corrected chi connectivity index (χ2v) is 9.57. The third-order valence-electron chi connectivity index (χ3n) is 6.54. The first kappa shape index (κ1) is 25.8. The predicted octanol–water partition coefficient (Wildman–Crippen LogP) is 4.92. The van der Waals surface area contributed by atoms with Gasteiger partial charge in [-0.2, -0.15) is 4.98 Å². The standard InChI is InChI=1S/C29H29N7O3/c1-20(17-22-9-11-23(12-10-22)18-21(2)36(38)39)31-28-30-14-13-26(33-28)34-15-6-16-35-27(37)19-25(32-29(34)35)24-7-4-3-5-8-24/h3-5,7-14,18-20H,6,15-17H2,1-2H3,(H,30,31,33)/b21-18-. The summed E-state index contributed by atoms with van der Waals surface area (Å²) in [7, 11) is 0. The molecule has 39 heavy (non-hydrogen) atoms. The van der Waals surface area contributed by atoms with Gasteiger partial charge in [-0.15, -0.1) is 0 Å². The van der Waals surface area contributed by atoms with E-state index in [2.05, 4.69) is 10.3 Å². The summed E-state index contributed by atoms with van der Waals surface area (Å²) in [5, 5.41) is 14.2. The van der Waals surface area contributed by atoms with Crippen LogP contribution in [0.1, 0.15) is 31.4 Å². The number of nitro groups is 1. The minimum absolute atomic E-state index is 0.0289. The minimum atomic E-state index is -0.396. The van der Waals surface area contributed by atoms with Crippen molar-refractivity contribution in [3.8, 4) is 11.3 Å². The fourth-order valence-corrected chi connectivity index (χ4v) is 4.61. The fourth-order valence-electron chi connectivity index (χ4n) is 4.61. The molecule has 0 amide bonds. The van der Waals surface area contributed by atoms with Crippen molar-refractivity contribution in [3.05, 3.63) is 110 Å². The number of allylic oxidation sites excluding steroid dienone is 1. The predicted molar refractivity (Wildman–Crippen MR) is 151 cm³/mol. The van der Waals surface area contributed by atoms with Crippen LogP contribution < -0.4 is 15.8 Å². The molecule has 1 aliphatic heterocycles. The molecule has 1 unspecified atom stereocenters. The zero-order chi connectivity index (χ0) is 27.4. The van der Waals surface area contributed by atoms with Crippen molar-refractivity contribution in [2.75, 3.05) is 16.8 Å². The van der Waals surface area contributed by atoms with Gasteiger partial charge in [0.25, 0.3) is 5.56 Å². The molecule has 0 saturated carbocycles. The molecule has 0 bridgehead atoms. The molecular formula is C29H29N7O3. The average Bonchev–Trinajstić information content (AvgIpc) is 2.94. The smallest absolute Gasteiger partial charge is 0.255 e. The van der Waals surface area contributed by atoms with E-state index in [-0.39, 0.29) is 17.3 Å².